The Hall–Kier alpha value is -2.86. The zero-order valence-electron chi connectivity index (χ0n) is 14.9. The zero-order chi connectivity index (χ0) is 18.7. The molecule has 1 atom stereocenters. The molecule has 26 heavy (non-hydrogen) atoms. The number of hydrogen-bond acceptors (Lipinski definition) is 5. The molecule has 2 aromatic rings. The number of benzene rings is 2. The number of anilines is 1. The first-order valence-electron chi connectivity index (χ1n) is 8.50. The molecule has 136 valence electrons. The van der Waals surface area contributed by atoms with Crippen LogP contribution in [0.15, 0.2) is 42.5 Å². The van der Waals surface area contributed by atoms with Crippen molar-refractivity contribution in [2.45, 2.75) is 25.8 Å². The number of para-hydroxylation sites is 1. The van der Waals surface area contributed by atoms with E-state index in [9.17, 15) is 9.59 Å². The van der Waals surface area contributed by atoms with E-state index in [-0.39, 0.29) is 12.3 Å². The molecular formula is C20H22N2O4. The molecule has 2 N–H and O–H groups in total. The molecule has 1 heterocycles. The lowest BCUT2D eigenvalue weighted by Crippen LogP contribution is -2.32. The molecule has 2 aromatic carbocycles. The van der Waals surface area contributed by atoms with Crippen LogP contribution in [0.5, 0.6) is 5.75 Å². The molecule has 6 nitrogen and oxygen atoms in total. The summed E-state index contributed by atoms with van der Waals surface area (Å²) in [5.41, 5.74) is 10.2. The maximum absolute atomic E-state index is 12.7. The van der Waals surface area contributed by atoms with E-state index in [1.54, 1.807) is 23.1 Å². The second-order valence-electron chi connectivity index (χ2n) is 6.31. The number of nitrogens with zero attached hydrogens (tertiary/aromatic N) is 1. The second-order valence-corrected chi connectivity index (χ2v) is 6.31. The van der Waals surface area contributed by atoms with Gasteiger partial charge in [0.2, 0.25) is 5.91 Å². The van der Waals surface area contributed by atoms with Crippen LogP contribution in [0.2, 0.25) is 0 Å². The van der Waals surface area contributed by atoms with Gasteiger partial charge in [0.25, 0.3) is 0 Å². The molecule has 0 bridgehead atoms. The van der Waals surface area contributed by atoms with Crippen molar-refractivity contribution in [1.82, 2.24) is 0 Å². The zero-order valence-corrected chi connectivity index (χ0v) is 14.9. The number of ether oxygens (including phenoxy) is 2. The second kappa shape index (κ2) is 7.58. The summed E-state index contributed by atoms with van der Waals surface area (Å²) in [6, 6.07) is 12.7. The first kappa shape index (κ1) is 17.9. The van der Waals surface area contributed by atoms with Crippen LogP contribution in [-0.4, -0.2) is 25.7 Å². The molecule has 0 spiro atoms. The third-order valence-corrected chi connectivity index (χ3v) is 4.59. The first-order valence-corrected chi connectivity index (χ1v) is 8.50. The third-order valence-electron chi connectivity index (χ3n) is 4.59. The third kappa shape index (κ3) is 3.70. The van der Waals surface area contributed by atoms with Gasteiger partial charge in [-0.1, -0.05) is 24.3 Å². The van der Waals surface area contributed by atoms with Gasteiger partial charge in [0, 0.05) is 24.7 Å². The minimum Gasteiger partial charge on any atom is -0.437 e. The van der Waals surface area contributed by atoms with E-state index in [0.717, 1.165) is 23.2 Å². The van der Waals surface area contributed by atoms with Gasteiger partial charge in [0.05, 0.1) is 7.11 Å². The van der Waals surface area contributed by atoms with Crippen LogP contribution in [-0.2, 0) is 16.0 Å². The van der Waals surface area contributed by atoms with Gasteiger partial charge in [0.1, 0.15) is 5.75 Å². The van der Waals surface area contributed by atoms with Gasteiger partial charge < -0.3 is 20.1 Å². The molecule has 3 rings (SSSR count). The first-order chi connectivity index (χ1) is 12.5. The van der Waals surface area contributed by atoms with Gasteiger partial charge in [-0.3, -0.25) is 4.79 Å². The van der Waals surface area contributed by atoms with E-state index >= 15 is 0 Å². The van der Waals surface area contributed by atoms with Crippen molar-refractivity contribution in [1.29, 1.82) is 0 Å². The van der Waals surface area contributed by atoms with Gasteiger partial charge in [-0.2, -0.15) is 0 Å². The molecule has 1 aliphatic rings. The monoisotopic (exact) mass is 354 g/mol. The Morgan fingerprint density at radius 1 is 1.23 bits per heavy atom. The number of nitrogens with two attached hydrogens (primary N) is 1. The van der Waals surface area contributed by atoms with Crippen molar-refractivity contribution in [3.63, 3.8) is 0 Å². The Kier molecular flexibility index (Phi) is 5.23. The van der Waals surface area contributed by atoms with Crippen LogP contribution in [0.1, 0.15) is 29.2 Å². The lowest BCUT2D eigenvalue weighted by Gasteiger charge is -2.21. The predicted octanol–water partition coefficient (Wildman–Crippen LogP) is 3.12. The Balaban J connectivity index is 1.69. The summed E-state index contributed by atoms with van der Waals surface area (Å²) in [4.78, 5) is 25.7. The number of methoxy groups -OCH3 is 1. The van der Waals surface area contributed by atoms with Crippen molar-refractivity contribution < 1.29 is 19.1 Å². The highest BCUT2D eigenvalue weighted by Crippen LogP contribution is 2.30. The Morgan fingerprint density at radius 3 is 2.73 bits per heavy atom. The van der Waals surface area contributed by atoms with E-state index < -0.39 is 12.2 Å². The number of fused-ring (bicyclic) bond motifs is 1. The molecule has 1 amide bonds. The summed E-state index contributed by atoms with van der Waals surface area (Å²) in [6.07, 6.45) is 0.312. The molecule has 0 fully saturated rings. The van der Waals surface area contributed by atoms with E-state index in [1.807, 2.05) is 31.2 Å². The van der Waals surface area contributed by atoms with Crippen LogP contribution >= 0.6 is 0 Å². The van der Waals surface area contributed by atoms with E-state index in [0.29, 0.717) is 12.3 Å². The molecule has 0 aromatic heterocycles. The summed E-state index contributed by atoms with van der Waals surface area (Å²) >= 11 is 0. The summed E-state index contributed by atoms with van der Waals surface area (Å²) in [7, 11) is 1.25. The number of aryl methyl sites for hydroxylation is 1. The normalized spacial score (nSPS) is 13.9. The van der Waals surface area contributed by atoms with E-state index in [1.165, 1.54) is 12.7 Å². The van der Waals surface area contributed by atoms with Gasteiger partial charge in [-0.25, -0.2) is 4.79 Å². The minimum absolute atomic E-state index is 0.0109. The maximum atomic E-state index is 12.7. The van der Waals surface area contributed by atoms with Gasteiger partial charge in [-0.05, 0) is 48.2 Å². The smallest absolute Gasteiger partial charge is 0.437 e. The molecule has 1 unspecified atom stereocenters. The van der Waals surface area contributed by atoms with Crippen molar-refractivity contribution in [3.8, 4) is 5.75 Å². The molecule has 1 aliphatic heterocycles. The van der Waals surface area contributed by atoms with Crippen LogP contribution < -0.4 is 15.4 Å². The number of hydrogen-bond donors (Lipinski definition) is 1. The fourth-order valence-corrected chi connectivity index (χ4v) is 3.27. The highest BCUT2D eigenvalue weighted by Gasteiger charge is 2.26. The number of carbonyl (C=O) groups excluding carboxylic acids is 2. The lowest BCUT2D eigenvalue weighted by atomic mass is 9.98. The molecule has 0 saturated carbocycles. The molecule has 0 aliphatic carbocycles. The number of rotatable bonds is 4. The Bertz CT molecular complexity index is 834. The van der Waals surface area contributed by atoms with Crippen molar-refractivity contribution in [2.24, 2.45) is 5.73 Å². The number of carbonyl (C=O) groups is 2. The molecule has 0 radical (unpaired) electrons. The molecule has 6 heteroatoms. The van der Waals surface area contributed by atoms with Crippen LogP contribution in [0.25, 0.3) is 0 Å². The van der Waals surface area contributed by atoms with Crippen LogP contribution in [0.3, 0.4) is 0 Å². The van der Waals surface area contributed by atoms with Gasteiger partial charge in [-0.15, -0.1) is 0 Å². The summed E-state index contributed by atoms with van der Waals surface area (Å²) in [6.45, 7) is 2.56. The van der Waals surface area contributed by atoms with Gasteiger partial charge >= 0.3 is 6.16 Å². The fourth-order valence-electron chi connectivity index (χ4n) is 3.27. The average Bonchev–Trinajstić information content (AvgIpc) is 3.05. The molecule has 0 saturated heterocycles. The van der Waals surface area contributed by atoms with Crippen molar-refractivity contribution in [2.75, 3.05) is 18.6 Å². The van der Waals surface area contributed by atoms with Crippen LogP contribution in [0, 0.1) is 6.92 Å². The molecular weight excluding hydrogens is 332 g/mol. The quantitative estimate of drug-likeness (QED) is 0.674. The summed E-state index contributed by atoms with van der Waals surface area (Å²) < 4.78 is 9.48. The summed E-state index contributed by atoms with van der Waals surface area (Å²) in [5.74, 6) is 0.391. The minimum atomic E-state index is -0.774. The standard InChI is InChI=1S/C20H22N2O4/c1-13-11-15(26-20(24)25-2)7-8-16(13)17(21)12-19(23)22-10-9-14-5-3-4-6-18(14)22/h3-8,11,17H,9-10,12,21H2,1-2H3. The highest BCUT2D eigenvalue weighted by molar-refractivity contribution is 5.95. The van der Waals surface area contributed by atoms with Crippen molar-refractivity contribution >= 4 is 17.7 Å². The highest BCUT2D eigenvalue weighted by atomic mass is 16.7. The van der Waals surface area contributed by atoms with Gasteiger partial charge in [0.15, 0.2) is 0 Å². The predicted molar refractivity (Wildman–Crippen MR) is 98.3 cm³/mol. The SMILES string of the molecule is COC(=O)Oc1ccc(C(N)CC(=O)N2CCc3ccccc32)c(C)c1. The summed E-state index contributed by atoms with van der Waals surface area (Å²) in [5, 5.41) is 0. The Labute approximate surface area is 152 Å². The largest absolute Gasteiger partial charge is 0.513 e. The van der Waals surface area contributed by atoms with Crippen LogP contribution in [0.4, 0.5) is 10.5 Å². The topological polar surface area (TPSA) is 81.9 Å². The maximum Gasteiger partial charge on any atom is 0.513 e. The van der Waals surface area contributed by atoms with Crippen molar-refractivity contribution in [3.05, 3.63) is 59.2 Å². The van der Waals surface area contributed by atoms with E-state index in [4.69, 9.17) is 10.5 Å². The lowest BCUT2D eigenvalue weighted by molar-refractivity contribution is -0.118. The Morgan fingerprint density at radius 2 is 2.00 bits per heavy atom. The fraction of sp³-hybridized carbons (Fsp3) is 0.300. The number of amides is 1. The van der Waals surface area contributed by atoms with E-state index in [2.05, 4.69) is 4.74 Å². The average molecular weight is 354 g/mol.